The summed E-state index contributed by atoms with van der Waals surface area (Å²) < 4.78 is 20.6. The van der Waals surface area contributed by atoms with E-state index in [1.54, 1.807) is 18.2 Å². The normalized spacial score (nSPS) is 12.8. The summed E-state index contributed by atoms with van der Waals surface area (Å²) >= 11 is 0. The summed E-state index contributed by atoms with van der Waals surface area (Å²) in [4.78, 5) is 36.1. The van der Waals surface area contributed by atoms with Crippen molar-refractivity contribution in [3.63, 3.8) is 0 Å². The van der Waals surface area contributed by atoms with Gasteiger partial charge < -0.3 is 18.9 Å². The van der Waals surface area contributed by atoms with Gasteiger partial charge in [0.15, 0.2) is 11.5 Å². The molecule has 0 aliphatic carbocycles. The molecule has 2 aromatic carbocycles. The SMILES string of the molecule is COC(=O)[C@H](C)N(C(=O)Oc1ccc([N+](=O)[O-])cc1)c1ccc2c(c1)OCO2. The molecule has 146 valence electrons. The molecule has 0 spiro atoms. The van der Waals surface area contributed by atoms with E-state index in [1.165, 1.54) is 38.3 Å². The van der Waals surface area contributed by atoms with Gasteiger partial charge >= 0.3 is 12.1 Å². The molecular formula is C18H16N2O8. The lowest BCUT2D eigenvalue weighted by atomic mass is 10.2. The molecule has 0 bridgehead atoms. The average molecular weight is 388 g/mol. The van der Waals surface area contributed by atoms with Crippen molar-refractivity contribution in [1.29, 1.82) is 0 Å². The minimum Gasteiger partial charge on any atom is -0.467 e. The Labute approximate surface area is 159 Å². The molecule has 10 nitrogen and oxygen atoms in total. The number of nitro groups is 1. The van der Waals surface area contributed by atoms with Gasteiger partial charge in [0, 0.05) is 18.2 Å². The molecule has 0 radical (unpaired) electrons. The van der Waals surface area contributed by atoms with E-state index in [9.17, 15) is 19.7 Å². The molecule has 10 heteroatoms. The molecule has 0 saturated heterocycles. The van der Waals surface area contributed by atoms with E-state index in [0.717, 1.165) is 4.90 Å². The molecule has 1 amide bonds. The van der Waals surface area contributed by atoms with Gasteiger partial charge in [-0.2, -0.15) is 0 Å². The predicted octanol–water partition coefficient (Wildman–Crippen LogP) is 2.89. The third kappa shape index (κ3) is 3.80. The van der Waals surface area contributed by atoms with Crippen LogP contribution in [0, 0.1) is 10.1 Å². The largest absolute Gasteiger partial charge is 0.467 e. The number of fused-ring (bicyclic) bond motifs is 1. The van der Waals surface area contributed by atoms with Crippen molar-refractivity contribution in [2.75, 3.05) is 18.8 Å². The van der Waals surface area contributed by atoms with Crippen LogP contribution in [0.2, 0.25) is 0 Å². The second-order valence-corrected chi connectivity index (χ2v) is 5.73. The lowest BCUT2D eigenvalue weighted by molar-refractivity contribution is -0.384. The number of methoxy groups -OCH3 is 1. The molecular weight excluding hydrogens is 372 g/mol. The number of ether oxygens (including phenoxy) is 4. The molecule has 0 unspecified atom stereocenters. The first-order chi connectivity index (χ1) is 13.4. The van der Waals surface area contributed by atoms with E-state index in [2.05, 4.69) is 0 Å². The van der Waals surface area contributed by atoms with Crippen LogP contribution in [-0.2, 0) is 9.53 Å². The number of hydrogen-bond acceptors (Lipinski definition) is 8. The molecule has 28 heavy (non-hydrogen) atoms. The van der Waals surface area contributed by atoms with Crippen LogP contribution in [-0.4, -0.2) is 36.9 Å². The van der Waals surface area contributed by atoms with Gasteiger partial charge in [-0.1, -0.05) is 0 Å². The van der Waals surface area contributed by atoms with Gasteiger partial charge in [0.1, 0.15) is 11.8 Å². The molecule has 1 aliphatic heterocycles. The van der Waals surface area contributed by atoms with Gasteiger partial charge in [0.05, 0.1) is 17.7 Å². The molecule has 1 atom stereocenters. The number of nitrogens with zero attached hydrogens (tertiary/aromatic N) is 2. The summed E-state index contributed by atoms with van der Waals surface area (Å²) in [6.07, 6.45) is -0.870. The Bertz CT molecular complexity index is 912. The zero-order valence-corrected chi connectivity index (χ0v) is 15.0. The zero-order chi connectivity index (χ0) is 20.3. The van der Waals surface area contributed by atoms with Crippen molar-refractivity contribution in [3.8, 4) is 17.2 Å². The summed E-state index contributed by atoms with van der Waals surface area (Å²) in [7, 11) is 1.21. The molecule has 2 aromatic rings. The van der Waals surface area contributed by atoms with Crippen LogP contribution in [0.4, 0.5) is 16.2 Å². The lowest BCUT2D eigenvalue weighted by Gasteiger charge is -2.26. The standard InChI is InChI=1S/C18H16N2O8/c1-11(17(21)25-2)19(13-5-8-15-16(9-13)27-10-26-15)18(22)28-14-6-3-12(4-7-14)20(23)24/h3-9,11H,10H2,1-2H3/t11-/m0/s1. The fraction of sp³-hybridized carbons (Fsp3) is 0.222. The molecule has 1 heterocycles. The maximum Gasteiger partial charge on any atom is 0.420 e. The highest BCUT2D eigenvalue weighted by molar-refractivity contribution is 5.96. The Morgan fingerprint density at radius 3 is 2.46 bits per heavy atom. The Morgan fingerprint density at radius 1 is 1.14 bits per heavy atom. The topological polar surface area (TPSA) is 117 Å². The van der Waals surface area contributed by atoms with Crippen molar-refractivity contribution in [3.05, 3.63) is 52.6 Å². The number of non-ortho nitro benzene ring substituents is 1. The van der Waals surface area contributed by atoms with E-state index >= 15 is 0 Å². The molecule has 0 aromatic heterocycles. The average Bonchev–Trinajstić information content (AvgIpc) is 3.15. The highest BCUT2D eigenvalue weighted by Gasteiger charge is 2.31. The Morgan fingerprint density at radius 2 is 1.82 bits per heavy atom. The summed E-state index contributed by atoms with van der Waals surface area (Å²) in [5, 5.41) is 10.7. The molecule has 1 aliphatic rings. The first-order valence-electron chi connectivity index (χ1n) is 8.13. The van der Waals surface area contributed by atoms with Crippen LogP contribution >= 0.6 is 0 Å². The van der Waals surface area contributed by atoms with Crippen LogP contribution in [0.25, 0.3) is 0 Å². The van der Waals surface area contributed by atoms with Crippen molar-refractivity contribution in [1.82, 2.24) is 0 Å². The second-order valence-electron chi connectivity index (χ2n) is 5.73. The minimum absolute atomic E-state index is 0.0542. The van der Waals surface area contributed by atoms with Crippen LogP contribution in [0.1, 0.15) is 6.92 Å². The van der Waals surface area contributed by atoms with E-state index in [-0.39, 0.29) is 18.2 Å². The van der Waals surface area contributed by atoms with Crippen LogP contribution in [0.5, 0.6) is 17.2 Å². The number of amides is 1. The molecule has 0 fully saturated rings. The number of carbonyl (C=O) groups is 2. The summed E-state index contributed by atoms with van der Waals surface area (Å²) in [6.45, 7) is 1.53. The van der Waals surface area contributed by atoms with E-state index < -0.39 is 23.0 Å². The van der Waals surface area contributed by atoms with Crippen LogP contribution in [0.3, 0.4) is 0 Å². The highest BCUT2D eigenvalue weighted by Crippen LogP contribution is 2.36. The van der Waals surface area contributed by atoms with Gasteiger partial charge in [-0.25, -0.2) is 9.59 Å². The Kier molecular flexibility index (Phi) is 5.30. The summed E-state index contributed by atoms with van der Waals surface area (Å²) in [5.41, 5.74) is 0.185. The Balaban J connectivity index is 1.88. The van der Waals surface area contributed by atoms with E-state index in [0.29, 0.717) is 17.2 Å². The number of esters is 1. The van der Waals surface area contributed by atoms with Crippen molar-refractivity contribution in [2.45, 2.75) is 13.0 Å². The number of nitro benzene ring substituents is 1. The first kappa shape index (κ1) is 19.0. The maximum absolute atomic E-state index is 12.8. The van der Waals surface area contributed by atoms with Gasteiger partial charge in [0.2, 0.25) is 6.79 Å². The van der Waals surface area contributed by atoms with Gasteiger partial charge in [0.25, 0.3) is 5.69 Å². The molecule has 3 rings (SSSR count). The number of anilines is 1. The fourth-order valence-corrected chi connectivity index (χ4v) is 2.58. The molecule has 0 saturated carbocycles. The first-order valence-corrected chi connectivity index (χ1v) is 8.13. The van der Waals surface area contributed by atoms with Crippen molar-refractivity contribution >= 4 is 23.4 Å². The van der Waals surface area contributed by atoms with Gasteiger partial charge in [-0.15, -0.1) is 0 Å². The fourth-order valence-electron chi connectivity index (χ4n) is 2.58. The van der Waals surface area contributed by atoms with Gasteiger partial charge in [-0.05, 0) is 31.2 Å². The molecule has 0 N–H and O–H groups in total. The third-order valence-corrected chi connectivity index (χ3v) is 4.01. The van der Waals surface area contributed by atoms with Crippen molar-refractivity contribution in [2.24, 2.45) is 0 Å². The third-order valence-electron chi connectivity index (χ3n) is 4.01. The number of hydrogen-bond donors (Lipinski definition) is 0. The minimum atomic E-state index is -1.00. The van der Waals surface area contributed by atoms with Gasteiger partial charge in [-0.3, -0.25) is 15.0 Å². The highest BCUT2D eigenvalue weighted by atomic mass is 16.7. The smallest absolute Gasteiger partial charge is 0.420 e. The maximum atomic E-state index is 12.8. The zero-order valence-electron chi connectivity index (χ0n) is 15.0. The van der Waals surface area contributed by atoms with Crippen LogP contribution < -0.4 is 19.1 Å². The number of carbonyl (C=O) groups excluding carboxylic acids is 2. The Hall–Kier alpha value is -3.82. The van der Waals surface area contributed by atoms with Crippen molar-refractivity contribution < 1.29 is 33.5 Å². The van der Waals surface area contributed by atoms with E-state index in [1.807, 2.05) is 0 Å². The predicted molar refractivity (Wildman–Crippen MR) is 95.6 cm³/mol. The quantitative estimate of drug-likeness (QED) is 0.436. The lowest BCUT2D eigenvalue weighted by Crippen LogP contribution is -2.45. The van der Waals surface area contributed by atoms with Crippen LogP contribution in [0.15, 0.2) is 42.5 Å². The number of rotatable bonds is 5. The second kappa shape index (κ2) is 7.82. The van der Waals surface area contributed by atoms with E-state index in [4.69, 9.17) is 18.9 Å². The summed E-state index contributed by atoms with van der Waals surface area (Å²) in [6, 6.07) is 8.70. The monoisotopic (exact) mass is 388 g/mol. The summed E-state index contributed by atoms with van der Waals surface area (Å²) in [5.74, 6) is 0.359. The number of benzene rings is 2.